The lowest BCUT2D eigenvalue weighted by Gasteiger charge is -2.45. The Kier molecular flexibility index (Phi) is 4.63. The molecule has 0 spiro atoms. The molecule has 1 atom stereocenters. The largest absolute Gasteiger partial charge is 0.369 e. The Balaban J connectivity index is 1.81. The summed E-state index contributed by atoms with van der Waals surface area (Å²) in [6.45, 7) is 6.75. The molecular weight excluding hydrogens is 330 g/mol. The maximum Gasteiger partial charge on any atom is 0.313 e. The van der Waals surface area contributed by atoms with Crippen molar-refractivity contribution < 1.29 is 4.92 Å². The minimum atomic E-state index is -0.483. The average Bonchev–Trinajstić information content (AvgIpc) is 2.60. The van der Waals surface area contributed by atoms with E-state index in [2.05, 4.69) is 60.4 Å². The molecule has 2 heterocycles. The van der Waals surface area contributed by atoms with Crippen LogP contribution < -0.4 is 10.3 Å². The first-order valence-electron chi connectivity index (χ1n) is 8.56. The van der Waals surface area contributed by atoms with Crippen molar-refractivity contribution in [2.75, 3.05) is 17.4 Å². The number of nitrogens with zero attached hydrogens (tertiary/aromatic N) is 4. The highest BCUT2D eigenvalue weighted by atomic mass is 16.6. The van der Waals surface area contributed by atoms with E-state index in [0.717, 1.165) is 12.0 Å². The van der Waals surface area contributed by atoms with Crippen LogP contribution in [-0.2, 0) is 0 Å². The molecule has 0 aliphatic carbocycles. The first kappa shape index (κ1) is 17.8. The molecule has 1 aromatic heterocycles. The van der Waals surface area contributed by atoms with Crippen LogP contribution in [0.25, 0.3) is 0 Å². The SMILES string of the molecule is C[C@H]1CC(C)(C)N(C)c2ccc(/C=N\Nc3ncccc3[N+](=O)[O-])cc21. The normalized spacial score (nSPS) is 18.6. The summed E-state index contributed by atoms with van der Waals surface area (Å²) < 4.78 is 0. The van der Waals surface area contributed by atoms with Crippen LogP contribution in [0, 0.1) is 10.1 Å². The summed E-state index contributed by atoms with van der Waals surface area (Å²) in [6.07, 6.45) is 4.23. The fraction of sp³-hybridized carbons (Fsp3) is 0.368. The second-order valence-corrected chi connectivity index (χ2v) is 7.29. The van der Waals surface area contributed by atoms with Crippen molar-refractivity contribution in [2.24, 2.45) is 5.10 Å². The lowest BCUT2D eigenvalue weighted by molar-refractivity contribution is -0.384. The molecule has 1 aliphatic heterocycles. The molecule has 7 heteroatoms. The number of nitrogens with one attached hydrogen (secondary N) is 1. The number of rotatable bonds is 4. The van der Waals surface area contributed by atoms with Gasteiger partial charge in [0.1, 0.15) is 0 Å². The molecule has 136 valence electrons. The first-order valence-corrected chi connectivity index (χ1v) is 8.56. The van der Waals surface area contributed by atoms with Gasteiger partial charge in [0.25, 0.3) is 0 Å². The van der Waals surface area contributed by atoms with E-state index in [9.17, 15) is 10.1 Å². The smallest absolute Gasteiger partial charge is 0.313 e. The maximum absolute atomic E-state index is 11.0. The zero-order chi connectivity index (χ0) is 18.9. The highest BCUT2D eigenvalue weighted by Crippen LogP contribution is 2.42. The molecule has 3 rings (SSSR count). The topological polar surface area (TPSA) is 83.7 Å². The molecule has 1 N–H and O–H groups in total. The zero-order valence-electron chi connectivity index (χ0n) is 15.4. The van der Waals surface area contributed by atoms with Gasteiger partial charge >= 0.3 is 5.69 Å². The Morgan fingerprint density at radius 2 is 2.19 bits per heavy atom. The number of hydrogen-bond donors (Lipinski definition) is 1. The molecule has 1 aliphatic rings. The monoisotopic (exact) mass is 353 g/mol. The van der Waals surface area contributed by atoms with Crippen LogP contribution in [0.5, 0.6) is 0 Å². The molecule has 2 aromatic rings. The fourth-order valence-corrected chi connectivity index (χ4v) is 3.47. The molecule has 26 heavy (non-hydrogen) atoms. The Bertz CT molecular complexity index is 863. The molecule has 0 bridgehead atoms. The number of hydrogen-bond acceptors (Lipinski definition) is 6. The van der Waals surface area contributed by atoms with Crippen LogP contribution in [-0.4, -0.2) is 28.7 Å². The van der Waals surface area contributed by atoms with E-state index in [1.165, 1.54) is 29.6 Å². The van der Waals surface area contributed by atoms with Crippen LogP contribution in [0.4, 0.5) is 17.2 Å². The van der Waals surface area contributed by atoms with Crippen molar-refractivity contribution >= 4 is 23.4 Å². The molecule has 0 saturated carbocycles. The second kappa shape index (κ2) is 6.74. The summed E-state index contributed by atoms with van der Waals surface area (Å²) in [7, 11) is 2.13. The first-order chi connectivity index (χ1) is 12.3. The fourth-order valence-electron chi connectivity index (χ4n) is 3.47. The number of aromatic nitrogens is 1. The minimum absolute atomic E-state index is 0.104. The van der Waals surface area contributed by atoms with E-state index < -0.39 is 4.92 Å². The van der Waals surface area contributed by atoms with Gasteiger partial charge in [-0.3, -0.25) is 15.5 Å². The van der Waals surface area contributed by atoms with Gasteiger partial charge in [-0.2, -0.15) is 5.10 Å². The summed E-state index contributed by atoms with van der Waals surface area (Å²) >= 11 is 0. The molecule has 0 radical (unpaired) electrons. The van der Waals surface area contributed by atoms with Gasteiger partial charge in [0.15, 0.2) is 0 Å². The quantitative estimate of drug-likeness (QED) is 0.507. The van der Waals surface area contributed by atoms with Gasteiger partial charge in [0.05, 0.1) is 11.1 Å². The van der Waals surface area contributed by atoms with Gasteiger partial charge in [-0.15, -0.1) is 0 Å². The van der Waals surface area contributed by atoms with Crippen molar-refractivity contribution in [3.05, 3.63) is 57.8 Å². The molecular formula is C19H23N5O2. The van der Waals surface area contributed by atoms with Gasteiger partial charge in [-0.25, -0.2) is 4.98 Å². The third kappa shape index (κ3) is 3.37. The summed E-state index contributed by atoms with van der Waals surface area (Å²) in [5, 5.41) is 15.1. The van der Waals surface area contributed by atoms with Gasteiger partial charge in [0, 0.05) is 30.5 Å². The number of pyridine rings is 1. The molecule has 1 aromatic carbocycles. The number of fused-ring (bicyclic) bond motifs is 1. The van der Waals surface area contributed by atoms with E-state index >= 15 is 0 Å². The Labute approximate surface area is 152 Å². The van der Waals surface area contributed by atoms with Gasteiger partial charge < -0.3 is 4.90 Å². The van der Waals surface area contributed by atoms with Crippen molar-refractivity contribution in [3.8, 4) is 0 Å². The third-order valence-electron chi connectivity index (χ3n) is 5.02. The summed E-state index contributed by atoms with van der Waals surface area (Å²) in [5.41, 5.74) is 6.15. The number of nitro groups is 1. The second-order valence-electron chi connectivity index (χ2n) is 7.29. The van der Waals surface area contributed by atoms with E-state index in [4.69, 9.17) is 0 Å². The van der Waals surface area contributed by atoms with Crippen molar-refractivity contribution in [1.29, 1.82) is 0 Å². The van der Waals surface area contributed by atoms with Gasteiger partial charge in [-0.1, -0.05) is 13.0 Å². The van der Waals surface area contributed by atoms with Crippen LogP contribution in [0.1, 0.15) is 44.2 Å². The highest BCUT2D eigenvalue weighted by molar-refractivity contribution is 5.82. The van der Waals surface area contributed by atoms with E-state index in [0.29, 0.717) is 5.92 Å². The summed E-state index contributed by atoms with van der Waals surface area (Å²) in [5.74, 6) is 0.580. The molecule has 7 nitrogen and oxygen atoms in total. The van der Waals surface area contributed by atoms with E-state index in [1.807, 2.05) is 6.07 Å². The highest BCUT2D eigenvalue weighted by Gasteiger charge is 2.33. The Morgan fingerprint density at radius 3 is 2.92 bits per heavy atom. The van der Waals surface area contributed by atoms with Crippen molar-refractivity contribution in [2.45, 2.75) is 38.6 Å². The number of benzene rings is 1. The van der Waals surface area contributed by atoms with E-state index in [1.54, 1.807) is 6.21 Å². The predicted molar refractivity (Wildman–Crippen MR) is 104 cm³/mol. The van der Waals surface area contributed by atoms with Crippen LogP contribution in [0.2, 0.25) is 0 Å². The maximum atomic E-state index is 11.0. The zero-order valence-corrected chi connectivity index (χ0v) is 15.4. The van der Waals surface area contributed by atoms with Crippen molar-refractivity contribution in [1.82, 2.24) is 4.98 Å². The lowest BCUT2D eigenvalue weighted by Crippen LogP contribution is -2.45. The van der Waals surface area contributed by atoms with Gasteiger partial charge in [0.2, 0.25) is 5.82 Å². The average molecular weight is 353 g/mol. The van der Waals surface area contributed by atoms with Crippen LogP contribution in [0.15, 0.2) is 41.6 Å². The minimum Gasteiger partial charge on any atom is -0.369 e. The van der Waals surface area contributed by atoms with E-state index in [-0.39, 0.29) is 17.0 Å². The molecule has 0 saturated heterocycles. The Hall–Kier alpha value is -2.96. The Morgan fingerprint density at radius 1 is 1.42 bits per heavy atom. The lowest BCUT2D eigenvalue weighted by atomic mass is 9.80. The van der Waals surface area contributed by atoms with Crippen LogP contribution >= 0.6 is 0 Å². The molecule has 0 amide bonds. The standard InChI is InChI=1S/C19H23N5O2/c1-13-11-19(2,3)23(4)16-8-7-14(10-15(13)16)12-21-22-18-17(24(25)26)6-5-9-20-18/h5-10,12-13H,11H2,1-4H3,(H,20,22)/b21-12-/t13-/m0/s1. The number of hydrazone groups is 1. The van der Waals surface area contributed by atoms with Gasteiger partial charge in [-0.05, 0) is 55.5 Å². The predicted octanol–water partition coefficient (Wildman–Crippen LogP) is 4.16. The third-order valence-corrected chi connectivity index (χ3v) is 5.02. The molecule has 0 unspecified atom stereocenters. The number of anilines is 2. The molecule has 0 fully saturated rings. The van der Waals surface area contributed by atoms with Crippen molar-refractivity contribution in [3.63, 3.8) is 0 Å². The van der Waals surface area contributed by atoms with Crippen LogP contribution in [0.3, 0.4) is 0 Å². The summed E-state index contributed by atoms with van der Waals surface area (Å²) in [4.78, 5) is 16.8. The summed E-state index contributed by atoms with van der Waals surface area (Å²) in [6, 6.07) is 9.15.